The van der Waals surface area contributed by atoms with Gasteiger partial charge in [0.1, 0.15) is 17.2 Å². The summed E-state index contributed by atoms with van der Waals surface area (Å²) in [5.74, 6) is 2.10. The first-order valence-corrected chi connectivity index (χ1v) is 13.9. The summed E-state index contributed by atoms with van der Waals surface area (Å²) in [6.45, 7) is 3.84. The van der Waals surface area contributed by atoms with Gasteiger partial charge in [0.15, 0.2) is 17.5 Å². The number of carbonyl (C=O) groups is 1. The van der Waals surface area contributed by atoms with E-state index in [0.29, 0.717) is 43.1 Å². The van der Waals surface area contributed by atoms with E-state index in [1.807, 2.05) is 50.2 Å². The second kappa shape index (κ2) is 11.3. The lowest BCUT2D eigenvalue weighted by Gasteiger charge is -2.38. The van der Waals surface area contributed by atoms with Crippen LogP contribution in [-0.2, 0) is 9.53 Å². The van der Waals surface area contributed by atoms with Crippen molar-refractivity contribution in [3.8, 4) is 5.82 Å². The highest BCUT2D eigenvalue weighted by Crippen LogP contribution is 2.40. The Morgan fingerprint density at radius 1 is 1.17 bits per heavy atom. The lowest BCUT2D eigenvalue weighted by atomic mass is 9.77. The number of rotatable bonds is 8. The summed E-state index contributed by atoms with van der Waals surface area (Å²) >= 11 is 0. The number of hydrogen-bond donors (Lipinski definition) is 3. The second-order valence-electron chi connectivity index (χ2n) is 10.7. The first-order valence-electron chi connectivity index (χ1n) is 13.9. The summed E-state index contributed by atoms with van der Waals surface area (Å²) in [5.41, 5.74) is 1.67. The van der Waals surface area contributed by atoms with Crippen molar-refractivity contribution in [2.24, 2.45) is 0 Å². The molecular weight excluding hydrogens is 537 g/mol. The average Bonchev–Trinajstić information content (AvgIpc) is 3.64. The number of carbonyl (C=O) groups excluding carboxylic acids is 1. The Morgan fingerprint density at radius 2 is 1.98 bits per heavy atom. The van der Waals surface area contributed by atoms with E-state index in [0.717, 1.165) is 34.2 Å². The number of methoxy groups -OCH3 is 1. The second-order valence-corrected chi connectivity index (χ2v) is 10.7. The Labute approximate surface area is 241 Å². The van der Waals surface area contributed by atoms with Gasteiger partial charge in [-0.25, -0.2) is 24.0 Å². The highest BCUT2D eigenvalue weighted by atomic mass is 19.1. The first-order chi connectivity index (χ1) is 20.3. The fourth-order valence-corrected chi connectivity index (χ4v) is 5.47. The van der Waals surface area contributed by atoms with E-state index in [-0.39, 0.29) is 17.9 Å². The summed E-state index contributed by atoms with van der Waals surface area (Å²) < 4.78 is 20.5. The quantitative estimate of drug-likeness (QED) is 0.236. The molecule has 5 aromatic rings. The Hall–Kier alpha value is -4.71. The maximum Gasteiger partial charge on any atom is 0.252 e. The molecule has 0 unspecified atom stereocenters. The number of benzene rings is 1. The lowest BCUT2D eigenvalue weighted by molar-refractivity contribution is -0.148. The highest BCUT2D eigenvalue weighted by molar-refractivity contribution is 5.90. The molecule has 12 heteroatoms. The zero-order valence-electron chi connectivity index (χ0n) is 23.6. The monoisotopic (exact) mass is 569 g/mol. The largest absolute Gasteiger partial charge is 0.368 e. The van der Waals surface area contributed by atoms with Crippen molar-refractivity contribution in [2.75, 3.05) is 12.4 Å². The summed E-state index contributed by atoms with van der Waals surface area (Å²) in [5, 5.41) is 18.5. The number of ether oxygens (including phenoxy) is 1. The van der Waals surface area contributed by atoms with Gasteiger partial charge in [-0.05, 0) is 63.3 Å². The van der Waals surface area contributed by atoms with E-state index < -0.39 is 11.4 Å². The fourth-order valence-electron chi connectivity index (χ4n) is 5.47. The number of nitrogens with one attached hydrogen (secondary N) is 3. The van der Waals surface area contributed by atoms with Crippen LogP contribution in [0.2, 0.25) is 0 Å². The Kier molecular flexibility index (Phi) is 7.38. The number of amides is 1. The van der Waals surface area contributed by atoms with Crippen molar-refractivity contribution in [3.63, 3.8) is 0 Å². The van der Waals surface area contributed by atoms with Crippen LogP contribution >= 0.6 is 0 Å². The van der Waals surface area contributed by atoms with Gasteiger partial charge in [-0.1, -0.05) is 18.2 Å². The Balaban J connectivity index is 1.14. The molecule has 4 heterocycles. The molecule has 4 aromatic heterocycles. The van der Waals surface area contributed by atoms with Gasteiger partial charge in [0, 0.05) is 36.4 Å². The van der Waals surface area contributed by atoms with Gasteiger partial charge >= 0.3 is 0 Å². The van der Waals surface area contributed by atoms with Crippen LogP contribution in [0.15, 0.2) is 61.1 Å². The number of aromatic nitrogens is 7. The molecule has 11 nitrogen and oxygen atoms in total. The summed E-state index contributed by atoms with van der Waals surface area (Å²) in [6, 6.07) is 13.1. The number of halogens is 1. The highest BCUT2D eigenvalue weighted by Gasteiger charge is 2.43. The molecule has 1 aliphatic rings. The third-order valence-corrected chi connectivity index (χ3v) is 7.94. The minimum Gasteiger partial charge on any atom is -0.368 e. The number of H-pyrrole nitrogens is 1. The molecule has 1 aromatic carbocycles. The zero-order chi connectivity index (χ0) is 29.3. The number of pyridine rings is 1. The van der Waals surface area contributed by atoms with Gasteiger partial charge in [0.05, 0.1) is 24.0 Å². The predicted molar refractivity (Wildman–Crippen MR) is 155 cm³/mol. The zero-order valence-corrected chi connectivity index (χ0v) is 23.6. The van der Waals surface area contributed by atoms with E-state index in [1.165, 1.54) is 10.9 Å². The summed E-state index contributed by atoms with van der Waals surface area (Å²) in [4.78, 5) is 27.7. The number of fused-ring (bicyclic) bond motifs is 1. The van der Waals surface area contributed by atoms with E-state index in [9.17, 15) is 9.18 Å². The molecule has 0 aliphatic heterocycles. The van der Waals surface area contributed by atoms with Gasteiger partial charge in [-0.15, -0.1) is 0 Å². The van der Waals surface area contributed by atoms with Crippen molar-refractivity contribution in [1.29, 1.82) is 0 Å². The average molecular weight is 570 g/mol. The number of para-hydroxylation sites is 1. The van der Waals surface area contributed by atoms with Crippen LogP contribution in [-0.4, -0.2) is 53.5 Å². The number of hydrogen-bond acceptors (Lipinski definition) is 8. The summed E-state index contributed by atoms with van der Waals surface area (Å²) in [7, 11) is 1.59. The molecule has 42 heavy (non-hydrogen) atoms. The molecule has 0 spiro atoms. The van der Waals surface area contributed by atoms with Crippen LogP contribution in [0.5, 0.6) is 0 Å². The van der Waals surface area contributed by atoms with Gasteiger partial charge in [0.2, 0.25) is 0 Å². The maximum absolute atomic E-state index is 13.5. The molecule has 1 atom stereocenters. The van der Waals surface area contributed by atoms with Gasteiger partial charge < -0.3 is 15.4 Å². The molecule has 0 saturated heterocycles. The molecule has 0 bridgehead atoms. The lowest BCUT2D eigenvalue weighted by Crippen LogP contribution is -2.50. The Bertz CT molecular complexity index is 1710. The van der Waals surface area contributed by atoms with Crippen LogP contribution in [0.4, 0.5) is 16.0 Å². The van der Waals surface area contributed by atoms with Crippen LogP contribution in [0.25, 0.3) is 16.7 Å². The smallest absolute Gasteiger partial charge is 0.252 e. The molecule has 1 fully saturated rings. The van der Waals surface area contributed by atoms with Gasteiger partial charge in [-0.3, -0.25) is 9.89 Å². The van der Waals surface area contributed by atoms with Crippen molar-refractivity contribution < 1.29 is 13.9 Å². The summed E-state index contributed by atoms with van der Waals surface area (Å²) in [6.07, 6.45) is 6.51. The standard InChI is InChI=1S/C30H32FN9O2/c1-18-14-25(39-38-18)36-28-23-6-4-5-7-24(23)35-27(37-28)20-10-12-30(42-3,13-11-20)29(41)34-19(2)21-8-9-26(32-15-21)40-17-22(31)16-33-40/h4-9,14-17,19-20H,10-13H2,1-3H3,(H,34,41)(H2,35,36,37,38,39)/t19-,20-,30+/m0/s1. The first kappa shape index (κ1) is 27.5. The number of anilines is 2. The van der Waals surface area contributed by atoms with E-state index in [2.05, 4.69) is 30.9 Å². The third kappa shape index (κ3) is 5.45. The molecule has 0 radical (unpaired) electrons. The van der Waals surface area contributed by atoms with Crippen LogP contribution in [0.1, 0.15) is 61.6 Å². The van der Waals surface area contributed by atoms with E-state index in [1.54, 1.807) is 19.4 Å². The van der Waals surface area contributed by atoms with Crippen LogP contribution in [0.3, 0.4) is 0 Å². The molecule has 216 valence electrons. The minimum absolute atomic E-state index is 0.0773. The van der Waals surface area contributed by atoms with Crippen molar-refractivity contribution in [2.45, 2.75) is 57.1 Å². The normalized spacial score (nSPS) is 19.5. The fraction of sp³-hybridized carbons (Fsp3) is 0.333. The minimum atomic E-state index is -0.949. The van der Waals surface area contributed by atoms with Crippen molar-refractivity contribution in [3.05, 3.63) is 84.0 Å². The van der Waals surface area contributed by atoms with Crippen molar-refractivity contribution >= 4 is 28.4 Å². The molecule has 1 aliphatic carbocycles. The molecule has 3 N–H and O–H groups in total. The predicted octanol–water partition coefficient (Wildman–Crippen LogP) is 5.04. The van der Waals surface area contributed by atoms with E-state index >= 15 is 0 Å². The Morgan fingerprint density at radius 3 is 2.64 bits per heavy atom. The van der Waals surface area contributed by atoms with Crippen molar-refractivity contribution in [1.82, 2.24) is 40.2 Å². The van der Waals surface area contributed by atoms with Gasteiger partial charge in [-0.2, -0.15) is 10.2 Å². The number of aryl methyl sites for hydroxylation is 1. The number of nitrogens with zero attached hydrogens (tertiary/aromatic N) is 6. The molecular formula is C30H32FN9O2. The molecule has 1 amide bonds. The molecule has 6 rings (SSSR count). The third-order valence-electron chi connectivity index (χ3n) is 7.94. The van der Waals surface area contributed by atoms with Gasteiger partial charge in [0.25, 0.3) is 5.91 Å². The SMILES string of the molecule is CO[C@]1(C(=O)N[C@@H](C)c2ccc(-n3cc(F)cn3)nc2)CC[C@H](c2nc(Nc3cc(C)[nH]n3)c3ccccc3n2)CC1. The van der Waals surface area contributed by atoms with Crippen LogP contribution in [0, 0.1) is 12.7 Å². The van der Waals surface area contributed by atoms with Crippen LogP contribution < -0.4 is 10.6 Å². The topological polar surface area (TPSA) is 136 Å². The number of aromatic amines is 1. The van der Waals surface area contributed by atoms with E-state index in [4.69, 9.17) is 14.7 Å². The maximum atomic E-state index is 13.5. The molecule has 1 saturated carbocycles.